The van der Waals surface area contributed by atoms with Crippen molar-refractivity contribution in [1.29, 1.82) is 0 Å². The summed E-state index contributed by atoms with van der Waals surface area (Å²) in [4.78, 5) is 19.3. The number of rotatable bonds is 4. The topological polar surface area (TPSA) is 83.3 Å². The number of carbonyl (C=O) groups excluding carboxylic acids is 1. The summed E-state index contributed by atoms with van der Waals surface area (Å²) >= 11 is 0. The Kier molecular flexibility index (Phi) is 4.05. The highest BCUT2D eigenvalue weighted by molar-refractivity contribution is 5.84. The third-order valence-electron chi connectivity index (χ3n) is 5.34. The largest absolute Gasteiger partial charge is 0.351 e. The molecule has 2 aromatic rings. The van der Waals surface area contributed by atoms with Crippen LogP contribution in [0.25, 0.3) is 11.4 Å². The van der Waals surface area contributed by atoms with E-state index in [9.17, 15) is 4.79 Å². The molecule has 0 spiro atoms. The summed E-state index contributed by atoms with van der Waals surface area (Å²) in [5, 5.41) is 10.4. The fourth-order valence-corrected chi connectivity index (χ4v) is 4.04. The number of aryl methyl sites for hydroxylation is 1. The number of amides is 1. The Morgan fingerprint density at radius 2 is 2.24 bits per heavy atom. The van der Waals surface area contributed by atoms with Crippen molar-refractivity contribution in [2.75, 3.05) is 33.2 Å². The molecule has 1 aromatic heterocycles. The molecule has 0 bridgehead atoms. The maximum Gasteiger partial charge on any atom is 0.229 e. The monoisotopic (exact) mass is 341 g/mol. The quantitative estimate of drug-likeness (QED) is 0.856. The predicted molar refractivity (Wildman–Crippen MR) is 92.6 cm³/mol. The smallest absolute Gasteiger partial charge is 0.229 e. The minimum atomic E-state index is -0.281. The standard InChI is InChI=1S/C18H23N5O2/c1-12-21-16(22-25-12)14-5-3-13(4-6-14)7-20-17(24)18-10-19-8-15(18)9-23(2)11-18/h3-6,15,19H,7-11H2,1-2H3,(H,20,24)/t15-,18-/m0/s1. The van der Waals surface area contributed by atoms with Crippen LogP contribution in [-0.4, -0.2) is 54.2 Å². The van der Waals surface area contributed by atoms with Crippen LogP contribution >= 0.6 is 0 Å². The number of benzene rings is 1. The van der Waals surface area contributed by atoms with E-state index in [0.29, 0.717) is 24.2 Å². The van der Waals surface area contributed by atoms with Gasteiger partial charge < -0.3 is 20.1 Å². The first kappa shape index (κ1) is 16.2. The van der Waals surface area contributed by atoms with Crippen molar-refractivity contribution in [3.8, 4) is 11.4 Å². The SMILES string of the molecule is Cc1nc(-c2ccc(CNC(=O)[C@]34CNC[C@H]3CN(C)C4)cc2)no1. The van der Waals surface area contributed by atoms with Gasteiger partial charge in [-0.3, -0.25) is 4.79 Å². The molecule has 7 nitrogen and oxygen atoms in total. The maximum atomic E-state index is 12.8. The van der Waals surface area contributed by atoms with Crippen LogP contribution in [0.1, 0.15) is 11.5 Å². The fraction of sp³-hybridized carbons (Fsp3) is 0.500. The first-order chi connectivity index (χ1) is 12.1. The van der Waals surface area contributed by atoms with Gasteiger partial charge in [-0.15, -0.1) is 0 Å². The molecule has 2 saturated heterocycles. The molecule has 1 aromatic carbocycles. The van der Waals surface area contributed by atoms with E-state index >= 15 is 0 Å². The lowest BCUT2D eigenvalue weighted by atomic mass is 9.80. The zero-order valence-corrected chi connectivity index (χ0v) is 14.6. The maximum absolute atomic E-state index is 12.8. The molecule has 0 unspecified atom stereocenters. The Bertz CT molecular complexity index is 772. The lowest BCUT2D eigenvalue weighted by Gasteiger charge is -2.26. The number of carbonyl (C=O) groups is 1. The van der Waals surface area contributed by atoms with Crippen LogP contribution in [0.15, 0.2) is 28.8 Å². The van der Waals surface area contributed by atoms with Crippen LogP contribution < -0.4 is 10.6 Å². The van der Waals surface area contributed by atoms with Gasteiger partial charge in [0.2, 0.25) is 17.6 Å². The minimum absolute atomic E-state index is 0.157. The molecule has 4 rings (SSSR count). The van der Waals surface area contributed by atoms with Crippen molar-refractivity contribution < 1.29 is 9.32 Å². The molecule has 2 aliphatic rings. The molecule has 2 fully saturated rings. The summed E-state index contributed by atoms with van der Waals surface area (Å²) < 4.78 is 5.01. The molecule has 2 atom stereocenters. The van der Waals surface area contributed by atoms with E-state index in [4.69, 9.17) is 4.52 Å². The molecule has 3 heterocycles. The fourth-order valence-electron chi connectivity index (χ4n) is 4.04. The highest BCUT2D eigenvalue weighted by Crippen LogP contribution is 2.38. The summed E-state index contributed by atoms with van der Waals surface area (Å²) in [5.41, 5.74) is 1.68. The van der Waals surface area contributed by atoms with Gasteiger partial charge in [-0.25, -0.2) is 0 Å². The summed E-state index contributed by atoms with van der Waals surface area (Å²) in [7, 11) is 2.09. The third-order valence-corrected chi connectivity index (χ3v) is 5.34. The van der Waals surface area contributed by atoms with Crippen LogP contribution in [0.2, 0.25) is 0 Å². The molecule has 0 radical (unpaired) electrons. The van der Waals surface area contributed by atoms with Crippen molar-refractivity contribution in [3.05, 3.63) is 35.7 Å². The van der Waals surface area contributed by atoms with Crippen molar-refractivity contribution in [1.82, 2.24) is 25.7 Å². The molecule has 0 saturated carbocycles. The number of nitrogens with zero attached hydrogens (tertiary/aromatic N) is 3. The lowest BCUT2D eigenvalue weighted by Crippen LogP contribution is -2.46. The number of nitrogens with one attached hydrogen (secondary N) is 2. The first-order valence-electron chi connectivity index (χ1n) is 8.64. The van der Waals surface area contributed by atoms with Crippen LogP contribution in [0.5, 0.6) is 0 Å². The Hall–Kier alpha value is -2.25. The summed E-state index contributed by atoms with van der Waals surface area (Å²) in [5.74, 6) is 1.69. The number of hydrogen-bond donors (Lipinski definition) is 2. The summed E-state index contributed by atoms with van der Waals surface area (Å²) in [6, 6.07) is 7.88. The van der Waals surface area contributed by atoms with Gasteiger partial charge in [0.05, 0.1) is 5.41 Å². The molecule has 0 aliphatic carbocycles. The van der Waals surface area contributed by atoms with Crippen molar-refractivity contribution in [3.63, 3.8) is 0 Å². The lowest BCUT2D eigenvalue weighted by molar-refractivity contribution is -0.130. The molecular weight excluding hydrogens is 318 g/mol. The second-order valence-corrected chi connectivity index (χ2v) is 7.20. The van der Waals surface area contributed by atoms with E-state index in [1.165, 1.54) is 0 Å². The summed E-state index contributed by atoms with van der Waals surface area (Å²) in [6.07, 6.45) is 0. The highest BCUT2D eigenvalue weighted by Gasteiger charge is 2.53. The van der Waals surface area contributed by atoms with Crippen molar-refractivity contribution >= 4 is 5.91 Å². The Morgan fingerprint density at radius 3 is 2.96 bits per heavy atom. The average Bonchev–Trinajstić information content (AvgIpc) is 3.27. The van der Waals surface area contributed by atoms with Gasteiger partial charge in [0.25, 0.3) is 0 Å². The van der Waals surface area contributed by atoms with Gasteiger partial charge in [0, 0.05) is 51.1 Å². The number of fused-ring (bicyclic) bond motifs is 1. The van der Waals surface area contributed by atoms with Gasteiger partial charge in [0.15, 0.2) is 0 Å². The van der Waals surface area contributed by atoms with E-state index in [0.717, 1.165) is 37.3 Å². The minimum Gasteiger partial charge on any atom is -0.351 e. The summed E-state index contributed by atoms with van der Waals surface area (Å²) in [6.45, 7) is 5.81. The van der Waals surface area contributed by atoms with Gasteiger partial charge >= 0.3 is 0 Å². The molecule has 132 valence electrons. The normalized spacial score (nSPS) is 25.9. The molecule has 25 heavy (non-hydrogen) atoms. The number of likely N-dealkylation sites (tertiary alicyclic amines) is 1. The molecule has 1 amide bonds. The van der Waals surface area contributed by atoms with Gasteiger partial charge in [-0.05, 0) is 12.6 Å². The molecule has 2 N–H and O–H groups in total. The number of aromatic nitrogens is 2. The zero-order valence-electron chi connectivity index (χ0n) is 14.6. The van der Waals surface area contributed by atoms with Crippen LogP contribution in [-0.2, 0) is 11.3 Å². The van der Waals surface area contributed by atoms with Crippen LogP contribution in [0.3, 0.4) is 0 Å². The third kappa shape index (κ3) is 2.94. The molecular formula is C18H23N5O2. The second kappa shape index (κ2) is 6.24. The van der Waals surface area contributed by atoms with E-state index < -0.39 is 0 Å². The van der Waals surface area contributed by atoms with Crippen LogP contribution in [0.4, 0.5) is 0 Å². The van der Waals surface area contributed by atoms with Crippen LogP contribution in [0, 0.1) is 18.3 Å². The Labute approximate surface area is 146 Å². The van der Waals surface area contributed by atoms with Crippen molar-refractivity contribution in [2.24, 2.45) is 11.3 Å². The average molecular weight is 341 g/mol. The van der Waals surface area contributed by atoms with Gasteiger partial charge in [-0.2, -0.15) is 4.98 Å². The number of hydrogen-bond acceptors (Lipinski definition) is 6. The highest BCUT2D eigenvalue weighted by atomic mass is 16.5. The van der Waals surface area contributed by atoms with Crippen molar-refractivity contribution in [2.45, 2.75) is 13.5 Å². The Morgan fingerprint density at radius 1 is 1.44 bits per heavy atom. The second-order valence-electron chi connectivity index (χ2n) is 7.20. The van der Waals surface area contributed by atoms with Gasteiger partial charge in [0.1, 0.15) is 0 Å². The Balaban J connectivity index is 1.40. The van der Waals surface area contributed by atoms with E-state index in [1.54, 1.807) is 6.92 Å². The van der Waals surface area contributed by atoms with E-state index in [-0.39, 0.29) is 11.3 Å². The first-order valence-corrected chi connectivity index (χ1v) is 8.64. The van der Waals surface area contributed by atoms with Gasteiger partial charge in [-0.1, -0.05) is 29.4 Å². The molecule has 2 aliphatic heterocycles. The van der Waals surface area contributed by atoms with E-state index in [2.05, 4.69) is 32.7 Å². The molecule has 7 heteroatoms. The zero-order chi connectivity index (χ0) is 17.4. The van der Waals surface area contributed by atoms with E-state index in [1.807, 2.05) is 24.3 Å². The predicted octanol–water partition coefficient (Wildman–Crippen LogP) is 0.812.